The average Bonchev–Trinajstić information content (AvgIpc) is 2.99. The van der Waals surface area contributed by atoms with Crippen LogP contribution < -0.4 is 10.1 Å². The van der Waals surface area contributed by atoms with E-state index >= 15 is 0 Å². The molecular formula is C16H13N3O4S. The van der Waals surface area contributed by atoms with Crippen LogP contribution in [0.2, 0.25) is 0 Å². The SMILES string of the molecule is COc1ccc(C(=O)NCc2c(C(=O)O)sc3ccccc23)nn1. The summed E-state index contributed by atoms with van der Waals surface area (Å²) in [5.41, 5.74) is 0.713. The lowest BCUT2D eigenvalue weighted by atomic mass is 10.1. The van der Waals surface area contributed by atoms with Crippen LogP contribution in [-0.4, -0.2) is 34.3 Å². The van der Waals surface area contributed by atoms with E-state index in [1.807, 2.05) is 24.3 Å². The normalized spacial score (nSPS) is 10.5. The number of thiophene rings is 1. The summed E-state index contributed by atoms with van der Waals surface area (Å²) in [6.07, 6.45) is 0. The standard InChI is InChI=1S/C16H13N3O4S/c1-23-13-7-6-11(18-19-13)15(20)17-8-10-9-4-2-3-5-12(9)24-14(10)16(21)22/h2-7H,8H2,1H3,(H,17,20)(H,21,22). The van der Waals surface area contributed by atoms with Gasteiger partial charge in [0.15, 0.2) is 5.69 Å². The van der Waals surface area contributed by atoms with Crippen LogP contribution in [-0.2, 0) is 6.54 Å². The Kier molecular flexibility index (Phi) is 4.39. The molecule has 0 aliphatic carbocycles. The summed E-state index contributed by atoms with van der Waals surface area (Å²) >= 11 is 1.19. The minimum absolute atomic E-state index is 0.0954. The number of methoxy groups -OCH3 is 1. The number of ether oxygens (including phenoxy) is 1. The number of hydrogen-bond donors (Lipinski definition) is 2. The fourth-order valence-electron chi connectivity index (χ4n) is 2.26. The van der Waals surface area contributed by atoms with Gasteiger partial charge in [-0.05, 0) is 17.5 Å². The molecule has 0 atom stereocenters. The van der Waals surface area contributed by atoms with Gasteiger partial charge in [0.2, 0.25) is 5.88 Å². The Morgan fingerprint density at radius 3 is 2.67 bits per heavy atom. The van der Waals surface area contributed by atoms with Gasteiger partial charge in [-0.3, -0.25) is 4.79 Å². The highest BCUT2D eigenvalue weighted by Gasteiger charge is 2.18. The largest absolute Gasteiger partial charge is 0.480 e. The molecule has 0 aliphatic heterocycles. The Hall–Kier alpha value is -3.00. The van der Waals surface area contributed by atoms with E-state index in [4.69, 9.17) is 4.74 Å². The van der Waals surface area contributed by atoms with Gasteiger partial charge in [-0.25, -0.2) is 4.79 Å². The Morgan fingerprint density at radius 1 is 1.21 bits per heavy atom. The van der Waals surface area contributed by atoms with Crippen molar-refractivity contribution in [1.29, 1.82) is 0 Å². The first-order chi connectivity index (χ1) is 11.6. The highest BCUT2D eigenvalue weighted by Crippen LogP contribution is 2.31. The van der Waals surface area contributed by atoms with E-state index < -0.39 is 11.9 Å². The van der Waals surface area contributed by atoms with Crippen molar-refractivity contribution in [3.63, 3.8) is 0 Å². The molecule has 7 nitrogen and oxygen atoms in total. The molecule has 1 aromatic carbocycles. The van der Waals surface area contributed by atoms with Crippen LogP contribution in [0.1, 0.15) is 25.7 Å². The predicted octanol–water partition coefficient (Wildman–Crippen LogP) is 2.33. The van der Waals surface area contributed by atoms with Crippen molar-refractivity contribution < 1.29 is 19.4 Å². The first-order valence-electron chi connectivity index (χ1n) is 6.99. The molecule has 0 radical (unpaired) electrons. The summed E-state index contributed by atoms with van der Waals surface area (Å²) < 4.78 is 5.75. The summed E-state index contributed by atoms with van der Waals surface area (Å²) in [7, 11) is 1.46. The van der Waals surface area contributed by atoms with E-state index in [0.717, 1.165) is 10.1 Å². The highest BCUT2D eigenvalue weighted by molar-refractivity contribution is 7.21. The topological polar surface area (TPSA) is 101 Å². The van der Waals surface area contributed by atoms with Crippen molar-refractivity contribution in [2.24, 2.45) is 0 Å². The van der Waals surface area contributed by atoms with Gasteiger partial charge in [0.1, 0.15) is 4.88 Å². The molecule has 24 heavy (non-hydrogen) atoms. The van der Waals surface area contributed by atoms with Gasteiger partial charge in [-0.2, -0.15) is 0 Å². The van der Waals surface area contributed by atoms with E-state index in [0.29, 0.717) is 11.4 Å². The first-order valence-corrected chi connectivity index (χ1v) is 7.81. The van der Waals surface area contributed by atoms with Crippen molar-refractivity contribution in [3.8, 4) is 5.88 Å². The lowest BCUT2D eigenvalue weighted by Gasteiger charge is -2.05. The number of carbonyl (C=O) groups excluding carboxylic acids is 1. The van der Waals surface area contributed by atoms with Crippen LogP contribution in [0.15, 0.2) is 36.4 Å². The maximum atomic E-state index is 12.2. The summed E-state index contributed by atoms with van der Waals surface area (Å²) in [6, 6.07) is 10.4. The van der Waals surface area contributed by atoms with Crippen molar-refractivity contribution in [2.45, 2.75) is 6.54 Å². The first kappa shape index (κ1) is 15.9. The van der Waals surface area contributed by atoms with Crippen molar-refractivity contribution in [3.05, 3.63) is 52.5 Å². The smallest absolute Gasteiger partial charge is 0.346 e. The average molecular weight is 343 g/mol. The molecule has 0 unspecified atom stereocenters. The number of nitrogens with zero attached hydrogens (tertiary/aromatic N) is 2. The molecule has 1 amide bonds. The molecule has 2 heterocycles. The highest BCUT2D eigenvalue weighted by atomic mass is 32.1. The second kappa shape index (κ2) is 6.63. The number of carbonyl (C=O) groups is 2. The second-order valence-corrected chi connectivity index (χ2v) is 5.91. The number of rotatable bonds is 5. The zero-order chi connectivity index (χ0) is 17.1. The van der Waals surface area contributed by atoms with Crippen molar-refractivity contribution >= 4 is 33.3 Å². The van der Waals surface area contributed by atoms with Crippen LogP contribution in [0.4, 0.5) is 0 Å². The number of amides is 1. The second-order valence-electron chi connectivity index (χ2n) is 4.85. The number of benzene rings is 1. The fraction of sp³-hybridized carbons (Fsp3) is 0.125. The quantitative estimate of drug-likeness (QED) is 0.737. The number of aromatic nitrogens is 2. The lowest BCUT2D eigenvalue weighted by molar-refractivity contribution is 0.0700. The third-order valence-corrected chi connectivity index (χ3v) is 4.60. The lowest BCUT2D eigenvalue weighted by Crippen LogP contribution is -2.24. The number of hydrogen-bond acceptors (Lipinski definition) is 6. The number of aromatic carboxylic acids is 1. The summed E-state index contributed by atoms with van der Waals surface area (Å²) in [6.45, 7) is 0.0954. The van der Waals surface area contributed by atoms with Crippen LogP contribution in [0.25, 0.3) is 10.1 Å². The summed E-state index contributed by atoms with van der Waals surface area (Å²) in [5.74, 6) is -1.13. The molecule has 3 aromatic rings. The molecule has 3 rings (SSSR count). The molecule has 2 N–H and O–H groups in total. The zero-order valence-electron chi connectivity index (χ0n) is 12.6. The Morgan fingerprint density at radius 2 is 2.00 bits per heavy atom. The molecule has 0 aliphatic rings. The molecule has 0 saturated heterocycles. The van der Waals surface area contributed by atoms with Crippen molar-refractivity contribution in [2.75, 3.05) is 7.11 Å². The molecular weight excluding hydrogens is 330 g/mol. The van der Waals surface area contributed by atoms with Gasteiger partial charge in [0.05, 0.1) is 7.11 Å². The summed E-state index contributed by atoms with van der Waals surface area (Å²) in [5, 5.41) is 20.4. The fourth-order valence-corrected chi connectivity index (χ4v) is 3.32. The summed E-state index contributed by atoms with van der Waals surface area (Å²) in [4.78, 5) is 23.8. The molecule has 122 valence electrons. The monoisotopic (exact) mass is 343 g/mol. The number of fused-ring (bicyclic) bond motifs is 1. The minimum Gasteiger partial charge on any atom is -0.480 e. The Labute approximate surface area is 140 Å². The minimum atomic E-state index is -1.01. The number of nitrogens with one attached hydrogen (secondary N) is 1. The van der Waals surface area contributed by atoms with E-state index in [9.17, 15) is 14.7 Å². The number of carboxylic acid groups (broad SMARTS) is 1. The van der Waals surface area contributed by atoms with Crippen molar-refractivity contribution in [1.82, 2.24) is 15.5 Å². The van der Waals surface area contributed by atoms with Crippen LogP contribution in [0, 0.1) is 0 Å². The molecule has 0 fully saturated rings. The molecule has 8 heteroatoms. The molecule has 2 aromatic heterocycles. The number of carboxylic acids is 1. The van der Waals surface area contributed by atoms with Gasteiger partial charge < -0.3 is 15.2 Å². The molecule has 0 bridgehead atoms. The van der Waals surface area contributed by atoms with E-state index in [2.05, 4.69) is 15.5 Å². The van der Waals surface area contributed by atoms with E-state index in [1.54, 1.807) is 0 Å². The van der Waals surface area contributed by atoms with E-state index in [1.165, 1.54) is 30.6 Å². The molecule has 0 spiro atoms. The van der Waals surface area contributed by atoms with Gasteiger partial charge in [-0.15, -0.1) is 21.5 Å². The van der Waals surface area contributed by atoms with Gasteiger partial charge in [-0.1, -0.05) is 18.2 Å². The maximum Gasteiger partial charge on any atom is 0.346 e. The van der Waals surface area contributed by atoms with Crippen LogP contribution in [0.5, 0.6) is 5.88 Å². The molecule has 0 saturated carbocycles. The van der Waals surface area contributed by atoms with Crippen LogP contribution >= 0.6 is 11.3 Å². The van der Waals surface area contributed by atoms with Gasteiger partial charge >= 0.3 is 5.97 Å². The van der Waals surface area contributed by atoms with Gasteiger partial charge in [0, 0.05) is 22.9 Å². The third-order valence-electron chi connectivity index (χ3n) is 3.40. The third kappa shape index (κ3) is 3.04. The predicted molar refractivity (Wildman–Crippen MR) is 88.5 cm³/mol. The Bertz CT molecular complexity index is 905. The Balaban J connectivity index is 1.83. The van der Waals surface area contributed by atoms with Gasteiger partial charge in [0.25, 0.3) is 5.91 Å². The van der Waals surface area contributed by atoms with E-state index in [-0.39, 0.29) is 17.1 Å². The zero-order valence-corrected chi connectivity index (χ0v) is 13.5. The maximum absolute atomic E-state index is 12.2. The van der Waals surface area contributed by atoms with Crippen LogP contribution in [0.3, 0.4) is 0 Å².